The van der Waals surface area contributed by atoms with Gasteiger partial charge in [-0.3, -0.25) is 4.79 Å². The summed E-state index contributed by atoms with van der Waals surface area (Å²) in [6.45, 7) is 5.94. The van der Waals surface area contributed by atoms with Crippen LogP contribution < -0.4 is 10.1 Å². The number of nitrogens with one attached hydrogen (secondary N) is 1. The van der Waals surface area contributed by atoms with Gasteiger partial charge in [-0.25, -0.2) is 4.39 Å². The minimum atomic E-state index is -0.294. The van der Waals surface area contributed by atoms with E-state index in [1.807, 2.05) is 69.3 Å². The van der Waals surface area contributed by atoms with E-state index < -0.39 is 0 Å². The molecule has 4 heteroatoms. The van der Waals surface area contributed by atoms with Crippen LogP contribution in [-0.2, 0) is 4.79 Å². The van der Waals surface area contributed by atoms with Crippen LogP contribution in [-0.4, -0.2) is 12.0 Å². The molecular weight excluding hydrogens is 365 g/mol. The maximum atomic E-state index is 13.4. The van der Waals surface area contributed by atoms with Crippen LogP contribution in [0.15, 0.2) is 72.8 Å². The molecule has 1 N–H and O–H groups in total. The van der Waals surface area contributed by atoms with Crippen LogP contribution in [0.1, 0.15) is 42.9 Å². The molecule has 0 radical (unpaired) electrons. The molecule has 0 bridgehead atoms. The van der Waals surface area contributed by atoms with Gasteiger partial charge in [0.25, 0.3) is 0 Å². The molecule has 0 fully saturated rings. The molecule has 3 aromatic carbocycles. The second-order valence-corrected chi connectivity index (χ2v) is 7.46. The number of amides is 1. The van der Waals surface area contributed by atoms with E-state index in [-0.39, 0.29) is 30.2 Å². The van der Waals surface area contributed by atoms with Crippen molar-refractivity contribution in [2.24, 2.45) is 0 Å². The number of rotatable bonds is 7. The summed E-state index contributed by atoms with van der Waals surface area (Å²) in [5.74, 6) is 0.212. The summed E-state index contributed by atoms with van der Waals surface area (Å²) in [5, 5.41) is 2.96. The van der Waals surface area contributed by atoms with Gasteiger partial charge in [0.2, 0.25) is 5.91 Å². The number of benzene rings is 3. The second kappa shape index (κ2) is 9.37. The van der Waals surface area contributed by atoms with Gasteiger partial charge in [0, 0.05) is 18.0 Å². The standard InChI is InChI=1S/C25H26FNO2/c1-17(2)29-23-13-9-20(10-14-23)24(19-7-11-21(26)12-8-19)16-25(28)27-22-6-4-5-18(3)15-22/h4-15,17,24H,16H2,1-3H3,(H,27,28)/t24-/m0/s1. The van der Waals surface area contributed by atoms with Gasteiger partial charge in [-0.15, -0.1) is 0 Å². The average molecular weight is 391 g/mol. The molecular formula is C25H26FNO2. The van der Waals surface area contributed by atoms with Crippen LogP contribution >= 0.6 is 0 Å². The van der Waals surface area contributed by atoms with E-state index in [9.17, 15) is 9.18 Å². The number of anilines is 1. The quantitative estimate of drug-likeness (QED) is 0.530. The molecule has 3 rings (SSSR count). The van der Waals surface area contributed by atoms with E-state index in [0.717, 1.165) is 28.1 Å². The van der Waals surface area contributed by atoms with Crippen LogP contribution in [0.2, 0.25) is 0 Å². The number of hydrogen-bond donors (Lipinski definition) is 1. The fourth-order valence-corrected chi connectivity index (χ4v) is 3.29. The van der Waals surface area contributed by atoms with Gasteiger partial charge in [-0.2, -0.15) is 0 Å². The Morgan fingerprint density at radius 1 is 0.966 bits per heavy atom. The summed E-state index contributed by atoms with van der Waals surface area (Å²) in [6.07, 6.45) is 0.345. The molecule has 0 heterocycles. The Kier molecular flexibility index (Phi) is 6.65. The van der Waals surface area contributed by atoms with Crippen molar-refractivity contribution in [3.63, 3.8) is 0 Å². The molecule has 0 saturated heterocycles. The Balaban J connectivity index is 1.83. The first-order valence-electron chi connectivity index (χ1n) is 9.79. The predicted molar refractivity (Wildman–Crippen MR) is 115 cm³/mol. The average Bonchev–Trinajstić information content (AvgIpc) is 2.67. The maximum absolute atomic E-state index is 13.4. The van der Waals surface area contributed by atoms with Gasteiger partial charge < -0.3 is 10.1 Å². The molecule has 3 nitrogen and oxygen atoms in total. The molecule has 0 aliphatic rings. The van der Waals surface area contributed by atoms with Gasteiger partial charge in [0.1, 0.15) is 11.6 Å². The first-order valence-corrected chi connectivity index (χ1v) is 9.79. The van der Waals surface area contributed by atoms with E-state index in [4.69, 9.17) is 4.74 Å². The lowest BCUT2D eigenvalue weighted by atomic mass is 9.88. The molecule has 3 aromatic rings. The van der Waals surface area contributed by atoms with Crippen LogP contribution in [0.4, 0.5) is 10.1 Å². The van der Waals surface area contributed by atoms with Gasteiger partial charge in [0.05, 0.1) is 6.10 Å². The third kappa shape index (κ3) is 5.92. The molecule has 0 unspecified atom stereocenters. The number of ether oxygens (including phenoxy) is 1. The summed E-state index contributed by atoms with van der Waals surface area (Å²) in [4.78, 5) is 12.8. The third-order valence-electron chi connectivity index (χ3n) is 4.62. The summed E-state index contributed by atoms with van der Waals surface area (Å²) >= 11 is 0. The molecule has 29 heavy (non-hydrogen) atoms. The first-order chi connectivity index (χ1) is 13.9. The lowest BCUT2D eigenvalue weighted by Gasteiger charge is -2.19. The summed E-state index contributed by atoms with van der Waals surface area (Å²) in [5.41, 5.74) is 3.72. The van der Waals surface area contributed by atoms with Crippen LogP contribution in [0, 0.1) is 12.7 Å². The number of hydrogen-bond acceptors (Lipinski definition) is 2. The topological polar surface area (TPSA) is 38.3 Å². The first kappa shape index (κ1) is 20.6. The molecule has 0 aliphatic carbocycles. The molecule has 0 saturated carbocycles. The van der Waals surface area contributed by atoms with E-state index in [2.05, 4.69) is 5.32 Å². The Hall–Kier alpha value is -3.14. The zero-order chi connectivity index (χ0) is 20.8. The van der Waals surface area contributed by atoms with Gasteiger partial charge >= 0.3 is 0 Å². The van der Waals surface area contributed by atoms with Crippen molar-refractivity contribution in [2.75, 3.05) is 5.32 Å². The van der Waals surface area contributed by atoms with E-state index >= 15 is 0 Å². The molecule has 1 atom stereocenters. The molecule has 150 valence electrons. The van der Waals surface area contributed by atoms with Crippen LogP contribution in [0.3, 0.4) is 0 Å². The van der Waals surface area contributed by atoms with E-state index in [1.165, 1.54) is 12.1 Å². The molecule has 1 amide bonds. The van der Waals surface area contributed by atoms with Crippen LogP contribution in [0.5, 0.6) is 5.75 Å². The van der Waals surface area contributed by atoms with Gasteiger partial charge in [-0.1, -0.05) is 36.4 Å². The smallest absolute Gasteiger partial charge is 0.225 e. The van der Waals surface area contributed by atoms with Crippen molar-refractivity contribution in [3.8, 4) is 5.75 Å². The Morgan fingerprint density at radius 2 is 1.59 bits per heavy atom. The Bertz CT molecular complexity index is 949. The Labute approximate surface area is 171 Å². The van der Waals surface area contributed by atoms with E-state index in [0.29, 0.717) is 0 Å². The number of carbonyl (C=O) groups excluding carboxylic acids is 1. The minimum absolute atomic E-state index is 0.0903. The zero-order valence-electron chi connectivity index (χ0n) is 17.0. The summed E-state index contributed by atoms with van der Waals surface area (Å²) in [7, 11) is 0. The fourth-order valence-electron chi connectivity index (χ4n) is 3.29. The molecule has 0 aliphatic heterocycles. The molecule has 0 aromatic heterocycles. The van der Waals surface area contributed by atoms with E-state index in [1.54, 1.807) is 12.1 Å². The lowest BCUT2D eigenvalue weighted by Crippen LogP contribution is -2.16. The third-order valence-corrected chi connectivity index (χ3v) is 4.62. The lowest BCUT2D eigenvalue weighted by molar-refractivity contribution is -0.116. The highest BCUT2D eigenvalue weighted by Gasteiger charge is 2.19. The highest BCUT2D eigenvalue weighted by molar-refractivity contribution is 5.91. The summed E-state index contributed by atoms with van der Waals surface area (Å²) in [6, 6.07) is 21.8. The highest BCUT2D eigenvalue weighted by atomic mass is 19.1. The second-order valence-electron chi connectivity index (χ2n) is 7.46. The fraction of sp³-hybridized carbons (Fsp3) is 0.240. The maximum Gasteiger partial charge on any atom is 0.225 e. The number of carbonyl (C=O) groups is 1. The van der Waals surface area contributed by atoms with Crippen LogP contribution in [0.25, 0.3) is 0 Å². The zero-order valence-corrected chi connectivity index (χ0v) is 17.0. The van der Waals surface area contributed by atoms with Gasteiger partial charge in [0.15, 0.2) is 0 Å². The number of aryl methyl sites for hydroxylation is 1. The normalized spacial score (nSPS) is 11.9. The van der Waals surface area contributed by atoms with Crippen molar-refractivity contribution in [1.29, 1.82) is 0 Å². The number of halogens is 1. The Morgan fingerprint density at radius 3 is 2.17 bits per heavy atom. The SMILES string of the molecule is Cc1cccc(NC(=O)C[C@@H](c2ccc(F)cc2)c2ccc(OC(C)C)cc2)c1. The largest absolute Gasteiger partial charge is 0.491 e. The minimum Gasteiger partial charge on any atom is -0.491 e. The highest BCUT2D eigenvalue weighted by Crippen LogP contribution is 2.30. The van der Waals surface area contributed by atoms with Crippen molar-refractivity contribution in [1.82, 2.24) is 0 Å². The monoisotopic (exact) mass is 391 g/mol. The summed E-state index contributed by atoms with van der Waals surface area (Å²) < 4.78 is 19.1. The van der Waals surface area contributed by atoms with Crippen molar-refractivity contribution in [2.45, 2.75) is 39.2 Å². The van der Waals surface area contributed by atoms with Crippen molar-refractivity contribution < 1.29 is 13.9 Å². The predicted octanol–water partition coefficient (Wildman–Crippen LogP) is 6.08. The molecule has 0 spiro atoms. The van der Waals surface area contributed by atoms with Crippen molar-refractivity contribution in [3.05, 3.63) is 95.3 Å². The van der Waals surface area contributed by atoms with Crippen molar-refractivity contribution >= 4 is 11.6 Å². The van der Waals surface area contributed by atoms with Gasteiger partial charge in [-0.05, 0) is 73.9 Å².